The number of methoxy groups -OCH3 is 1. The normalized spacial score (nSPS) is 19.7. The Morgan fingerprint density at radius 3 is 2.38 bits per heavy atom. The first kappa shape index (κ1) is 17.5. The van der Waals surface area contributed by atoms with Crippen LogP contribution < -0.4 is 4.74 Å². The van der Waals surface area contributed by atoms with Crippen LogP contribution in [-0.4, -0.2) is 73.5 Å². The summed E-state index contributed by atoms with van der Waals surface area (Å²) in [6.07, 6.45) is 2.31. The molecule has 24 heavy (non-hydrogen) atoms. The van der Waals surface area contributed by atoms with Crippen LogP contribution in [0, 0.1) is 0 Å². The van der Waals surface area contributed by atoms with Crippen LogP contribution in [0.15, 0.2) is 18.2 Å². The third-order valence-electron chi connectivity index (χ3n) is 4.94. The molecular formula is C18H26ClN3O2. The fourth-order valence-electron chi connectivity index (χ4n) is 3.39. The number of nitrogens with zero attached hydrogens (tertiary/aromatic N) is 3. The number of piperazine rings is 1. The molecule has 0 N–H and O–H groups in total. The summed E-state index contributed by atoms with van der Waals surface area (Å²) < 4.78 is 5.19. The van der Waals surface area contributed by atoms with Gasteiger partial charge in [0.1, 0.15) is 5.75 Å². The van der Waals surface area contributed by atoms with Crippen molar-refractivity contribution in [1.82, 2.24) is 14.7 Å². The van der Waals surface area contributed by atoms with E-state index in [2.05, 4.69) is 9.80 Å². The van der Waals surface area contributed by atoms with Crippen LogP contribution in [-0.2, 0) is 11.3 Å². The number of amides is 1. The lowest BCUT2D eigenvalue weighted by molar-refractivity contribution is -0.131. The Balaban J connectivity index is 1.45. The van der Waals surface area contributed by atoms with Crippen molar-refractivity contribution in [3.8, 4) is 5.75 Å². The lowest BCUT2D eigenvalue weighted by atomic mass is 10.2. The predicted molar refractivity (Wildman–Crippen MR) is 95.5 cm³/mol. The van der Waals surface area contributed by atoms with Crippen molar-refractivity contribution in [3.05, 3.63) is 28.8 Å². The van der Waals surface area contributed by atoms with Gasteiger partial charge in [0.2, 0.25) is 5.91 Å². The summed E-state index contributed by atoms with van der Waals surface area (Å²) in [6.45, 7) is 7.10. The summed E-state index contributed by atoms with van der Waals surface area (Å²) in [5, 5.41) is 0.751. The largest absolute Gasteiger partial charge is 0.497 e. The lowest BCUT2D eigenvalue weighted by Crippen LogP contribution is -2.49. The van der Waals surface area contributed by atoms with Gasteiger partial charge in [0.25, 0.3) is 0 Å². The van der Waals surface area contributed by atoms with Crippen LogP contribution in [0.5, 0.6) is 5.75 Å². The van der Waals surface area contributed by atoms with Gasteiger partial charge < -0.3 is 9.64 Å². The van der Waals surface area contributed by atoms with Gasteiger partial charge in [-0.1, -0.05) is 17.7 Å². The molecule has 2 aliphatic rings. The summed E-state index contributed by atoms with van der Waals surface area (Å²) in [4.78, 5) is 18.9. The van der Waals surface area contributed by atoms with Gasteiger partial charge in [0.05, 0.1) is 13.7 Å². The highest BCUT2D eigenvalue weighted by molar-refractivity contribution is 6.31. The number of rotatable bonds is 5. The van der Waals surface area contributed by atoms with Gasteiger partial charge in [0, 0.05) is 50.8 Å². The van der Waals surface area contributed by atoms with Crippen LogP contribution in [0.4, 0.5) is 0 Å². The molecule has 132 valence electrons. The van der Waals surface area contributed by atoms with Crippen molar-refractivity contribution in [2.24, 2.45) is 0 Å². The molecule has 0 atom stereocenters. The Morgan fingerprint density at radius 1 is 1.08 bits per heavy atom. The summed E-state index contributed by atoms with van der Waals surface area (Å²) in [6, 6.07) is 5.85. The van der Waals surface area contributed by atoms with Gasteiger partial charge in [0.15, 0.2) is 0 Å². The fourth-order valence-corrected chi connectivity index (χ4v) is 3.62. The summed E-state index contributed by atoms with van der Waals surface area (Å²) in [5.74, 6) is 1.08. The summed E-state index contributed by atoms with van der Waals surface area (Å²) >= 11 is 6.33. The molecule has 2 heterocycles. The quantitative estimate of drug-likeness (QED) is 0.814. The standard InChI is InChI=1S/C18H26ClN3O2/c1-24-16-5-4-15(17(19)12-16)13-20-8-10-21(11-9-20)14-18(23)22-6-2-3-7-22/h4-5,12H,2-3,6-11,13-14H2,1H3. The Labute approximate surface area is 149 Å². The average molecular weight is 352 g/mol. The van der Waals surface area contributed by atoms with E-state index in [1.54, 1.807) is 7.11 Å². The van der Waals surface area contributed by atoms with E-state index in [4.69, 9.17) is 16.3 Å². The molecule has 6 heteroatoms. The van der Waals surface area contributed by atoms with Crippen LogP contribution in [0.1, 0.15) is 18.4 Å². The highest BCUT2D eigenvalue weighted by atomic mass is 35.5. The highest BCUT2D eigenvalue weighted by Gasteiger charge is 2.23. The molecule has 1 aromatic rings. The predicted octanol–water partition coefficient (Wildman–Crippen LogP) is 2.09. The van der Waals surface area contributed by atoms with E-state index in [-0.39, 0.29) is 0 Å². The van der Waals surface area contributed by atoms with E-state index in [0.717, 1.165) is 75.0 Å². The molecule has 1 amide bonds. The zero-order chi connectivity index (χ0) is 16.9. The Morgan fingerprint density at radius 2 is 1.75 bits per heavy atom. The Kier molecular flexibility index (Phi) is 5.98. The first-order chi connectivity index (χ1) is 11.7. The van der Waals surface area contributed by atoms with Crippen molar-refractivity contribution >= 4 is 17.5 Å². The van der Waals surface area contributed by atoms with Crippen molar-refractivity contribution in [2.45, 2.75) is 19.4 Å². The number of carbonyl (C=O) groups is 1. The molecule has 0 saturated carbocycles. The maximum atomic E-state index is 12.2. The number of hydrogen-bond acceptors (Lipinski definition) is 4. The molecule has 3 rings (SSSR count). The number of ether oxygens (including phenoxy) is 1. The zero-order valence-corrected chi connectivity index (χ0v) is 15.1. The number of benzene rings is 1. The smallest absolute Gasteiger partial charge is 0.236 e. The molecule has 2 saturated heterocycles. The third-order valence-corrected chi connectivity index (χ3v) is 5.29. The minimum absolute atomic E-state index is 0.291. The van der Waals surface area contributed by atoms with Crippen LogP contribution in [0.2, 0.25) is 5.02 Å². The zero-order valence-electron chi connectivity index (χ0n) is 14.3. The number of halogens is 1. The van der Waals surface area contributed by atoms with Gasteiger partial charge in [-0.05, 0) is 30.5 Å². The number of likely N-dealkylation sites (tertiary alicyclic amines) is 1. The minimum Gasteiger partial charge on any atom is -0.497 e. The third kappa shape index (κ3) is 4.41. The van der Waals surface area contributed by atoms with Gasteiger partial charge in [-0.2, -0.15) is 0 Å². The molecule has 0 aliphatic carbocycles. The maximum Gasteiger partial charge on any atom is 0.236 e. The molecule has 5 nitrogen and oxygen atoms in total. The lowest BCUT2D eigenvalue weighted by Gasteiger charge is -2.35. The Bertz CT molecular complexity index is 567. The van der Waals surface area contributed by atoms with E-state index < -0.39 is 0 Å². The Hall–Kier alpha value is -1.30. The van der Waals surface area contributed by atoms with E-state index in [1.165, 1.54) is 0 Å². The number of hydrogen-bond donors (Lipinski definition) is 0. The van der Waals surface area contributed by atoms with Crippen LogP contribution in [0.25, 0.3) is 0 Å². The second kappa shape index (κ2) is 8.19. The molecule has 0 bridgehead atoms. The molecule has 0 unspecified atom stereocenters. The second-order valence-electron chi connectivity index (χ2n) is 6.60. The fraction of sp³-hybridized carbons (Fsp3) is 0.611. The van der Waals surface area contributed by atoms with Crippen molar-refractivity contribution in [3.63, 3.8) is 0 Å². The van der Waals surface area contributed by atoms with Gasteiger partial charge in [-0.25, -0.2) is 0 Å². The second-order valence-corrected chi connectivity index (χ2v) is 7.00. The van der Waals surface area contributed by atoms with Crippen LogP contribution >= 0.6 is 11.6 Å². The molecular weight excluding hydrogens is 326 g/mol. The van der Waals surface area contributed by atoms with E-state index in [9.17, 15) is 4.79 Å². The van der Waals surface area contributed by atoms with Crippen LogP contribution in [0.3, 0.4) is 0 Å². The van der Waals surface area contributed by atoms with E-state index in [0.29, 0.717) is 12.5 Å². The molecule has 2 fully saturated rings. The first-order valence-corrected chi connectivity index (χ1v) is 9.08. The van der Waals surface area contributed by atoms with E-state index >= 15 is 0 Å². The highest BCUT2D eigenvalue weighted by Crippen LogP contribution is 2.24. The van der Waals surface area contributed by atoms with Gasteiger partial charge in [-0.15, -0.1) is 0 Å². The van der Waals surface area contributed by atoms with Gasteiger partial charge >= 0.3 is 0 Å². The molecule has 2 aliphatic heterocycles. The van der Waals surface area contributed by atoms with Crippen molar-refractivity contribution < 1.29 is 9.53 Å². The van der Waals surface area contributed by atoms with Gasteiger partial charge in [-0.3, -0.25) is 14.6 Å². The number of carbonyl (C=O) groups excluding carboxylic acids is 1. The summed E-state index contributed by atoms with van der Waals surface area (Å²) in [7, 11) is 1.65. The molecule has 0 radical (unpaired) electrons. The molecule has 0 spiro atoms. The summed E-state index contributed by atoms with van der Waals surface area (Å²) in [5.41, 5.74) is 1.12. The maximum absolute atomic E-state index is 12.2. The minimum atomic E-state index is 0.291. The molecule has 1 aromatic carbocycles. The van der Waals surface area contributed by atoms with Crippen molar-refractivity contribution in [1.29, 1.82) is 0 Å². The monoisotopic (exact) mass is 351 g/mol. The first-order valence-electron chi connectivity index (χ1n) is 8.70. The average Bonchev–Trinajstić information content (AvgIpc) is 3.13. The SMILES string of the molecule is COc1ccc(CN2CCN(CC(=O)N3CCCC3)CC2)c(Cl)c1. The van der Waals surface area contributed by atoms with E-state index in [1.807, 2.05) is 23.1 Å². The topological polar surface area (TPSA) is 36.0 Å². The van der Waals surface area contributed by atoms with Crippen molar-refractivity contribution in [2.75, 3.05) is 52.9 Å². The molecule has 0 aromatic heterocycles.